The molecular weight excluding hydrogens is 268 g/mol. The normalized spacial score (nSPS) is 25.0. The van der Waals surface area contributed by atoms with E-state index in [0.29, 0.717) is 31.8 Å². The molecule has 1 aromatic rings. The van der Waals surface area contributed by atoms with Crippen molar-refractivity contribution in [1.29, 1.82) is 0 Å². The van der Waals surface area contributed by atoms with E-state index in [9.17, 15) is 14.7 Å². The molecule has 0 unspecified atom stereocenters. The van der Waals surface area contributed by atoms with E-state index in [0.717, 1.165) is 18.4 Å². The van der Waals surface area contributed by atoms with Crippen LogP contribution in [0.5, 0.6) is 0 Å². The maximum Gasteiger partial charge on any atom is 0.308 e. The first kappa shape index (κ1) is 14.0. The van der Waals surface area contributed by atoms with Gasteiger partial charge in [0, 0.05) is 31.9 Å². The number of carboxylic acid groups (broad SMARTS) is 1. The summed E-state index contributed by atoms with van der Waals surface area (Å²) in [5.41, 5.74) is 1.09. The molecule has 0 bridgehead atoms. The number of carboxylic acids is 1. The van der Waals surface area contributed by atoms with E-state index in [-0.39, 0.29) is 17.7 Å². The summed E-state index contributed by atoms with van der Waals surface area (Å²) in [7, 11) is 0. The molecule has 2 atom stereocenters. The van der Waals surface area contributed by atoms with Gasteiger partial charge in [-0.3, -0.25) is 14.6 Å². The highest BCUT2D eigenvalue weighted by Crippen LogP contribution is 2.44. The number of likely N-dealkylation sites (tertiary alicyclic amines) is 1. The second-order valence-corrected chi connectivity index (χ2v) is 6.10. The molecule has 2 aliphatic rings. The summed E-state index contributed by atoms with van der Waals surface area (Å²) in [5, 5.41) is 9.32. The number of carbonyl (C=O) groups excluding carboxylic acids is 1. The van der Waals surface area contributed by atoms with Crippen LogP contribution in [0.4, 0.5) is 0 Å². The van der Waals surface area contributed by atoms with Crippen LogP contribution in [0.25, 0.3) is 0 Å². The molecule has 1 N–H and O–H groups in total. The fourth-order valence-corrected chi connectivity index (χ4v) is 3.25. The van der Waals surface area contributed by atoms with Crippen LogP contribution in [0, 0.1) is 17.8 Å². The van der Waals surface area contributed by atoms with E-state index in [1.807, 2.05) is 12.1 Å². The van der Waals surface area contributed by atoms with Crippen LogP contribution in [-0.4, -0.2) is 40.0 Å². The van der Waals surface area contributed by atoms with Crippen LogP contribution in [0.15, 0.2) is 24.5 Å². The van der Waals surface area contributed by atoms with E-state index < -0.39 is 5.97 Å². The first-order valence-electron chi connectivity index (χ1n) is 7.54. The minimum absolute atomic E-state index is 0.0706. The Balaban J connectivity index is 1.56. The summed E-state index contributed by atoms with van der Waals surface area (Å²) in [4.78, 5) is 29.3. The second kappa shape index (κ2) is 5.84. The Labute approximate surface area is 124 Å². The molecular formula is C16H20N2O3. The first-order chi connectivity index (χ1) is 10.1. The van der Waals surface area contributed by atoms with Gasteiger partial charge in [-0.25, -0.2) is 0 Å². The minimum Gasteiger partial charge on any atom is -0.481 e. The summed E-state index contributed by atoms with van der Waals surface area (Å²) in [6.45, 7) is 1.00. The van der Waals surface area contributed by atoms with Gasteiger partial charge in [0.05, 0.1) is 5.92 Å². The third-order valence-electron chi connectivity index (χ3n) is 4.64. The number of carbonyl (C=O) groups is 2. The predicted octanol–water partition coefficient (Wildman–Crippen LogP) is 1.58. The lowest BCUT2D eigenvalue weighted by atomic mass is 9.92. The number of hydrogen-bond acceptors (Lipinski definition) is 3. The average molecular weight is 288 g/mol. The maximum atomic E-state index is 12.3. The zero-order chi connectivity index (χ0) is 14.8. The van der Waals surface area contributed by atoms with E-state index in [2.05, 4.69) is 4.98 Å². The van der Waals surface area contributed by atoms with Crippen molar-refractivity contribution in [2.75, 3.05) is 13.1 Å². The van der Waals surface area contributed by atoms with Crippen molar-refractivity contribution in [1.82, 2.24) is 9.88 Å². The van der Waals surface area contributed by atoms with Crippen molar-refractivity contribution in [3.63, 3.8) is 0 Å². The van der Waals surface area contributed by atoms with E-state index in [4.69, 9.17) is 0 Å². The topological polar surface area (TPSA) is 70.5 Å². The molecule has 2 fully saturated rings. The van der Waals surface area contributed by atoms with Crippen LogP contribution in [0.3, 0.4) is 0 Å². The molecule has 3 rings (SSSR count). The molecule has 0 radical (unpaired) electrons. The number of aryl methyl sites for hydroxylation is 1. The molecule has 5 heteroatoms. The zero-order valence-corrected chi connectivity index (χ0v) is 11.9. The number of amides is 1. The Morgan fingerprint density at radius 2 is 1.95 bits per heavy atom. The summed E-state index contributed by atoms with van der Waals surface area (Å²) >= 11 is 0. The lowest BCUT2D eigenvalue weighted by molar-refractivity contribution is -0.142. The van der Waals surface area contributed by atoms with Crippen LogP contribution >= 0.6 is 0 Å². The summed E-state index contributed by atoms with van der Waals surface area (Å²) in [6.07, 6.45) is 6.80. The van der Waals surface area contributed by atoms with Gasteiger partial charge in [-0.2, -0.15) is 0 Å². The number of hydrogen-bond donors (Lipinski definition) is 1. The van der Waals surface area contributed by atoms with Crippen LogP contribution < -0.4 is 0 Å². The molecule has 0 aromatic carbocycles. The summed E-state index contributed by atoms with van der Waals surface area (Å²) in [6, 6.07) is 3.81. The van der Waals surface area contributed by atoms with Crippen LogP contribution in [-0.2, 0) is 16.0 Å². The Morgan fingerprint density at radius 1 is 1.24 bits per heavy atom. The minimum atomic E-state index is -0.753. The Hall–Kier alpha value is -1.91. The van der Waals surface area contributed by atoms with E-state index in [1.54, 1.807) is 17.3 Å². The van der Waals surface area contributed by atoms with Gasteiger partial charge in [-0.15, -0.1) is 0 Å². The first-order valence-corrected chi connectivity index (χ1v) is 7.54. The maximum absolute atomic E-state index is 12.3. The molecule has 5 nitrogen and oxygen atoms in total. The van der Waals surface area contributed by atoms with Gasteiger partial charge in [-0.05, 0) is 48.8 Å². The predicted molar refractivity (Wildman–Crippen MR) is 76.5 cm³/mol. The monoisotopic (exact) mass is 288 g/mol. The Morgan fingerprint density at radius 3 is 2.57 bits per heavy atom. The van der Waals surface area contributed by atoms with Crippen molar-refractivity contribution >= 4 is 11.9 Å². The quantitative estimate of drug-likeness (QED) is 0.893. The standard InChI is InChI=1S/C16H20N2O3/c19-15(4-1-11-5-7-17-8-6-11)18-9-13(12-2-3-12)14(10-18)16(20)21/h5-8,12-14H,1-4,9-10H2,(H,20,21)/t13-,14+/m0/s1. The number of pyridine rings is 1. The van der Waals surface area contributed by atoms with Crippen molar-refractivity contribution in [3.05, 3.63) is 30.1 Å². The molecule has 112 valence electrons. The average Bonchev–Trinajstić information content (AvgIpc) is 3.24. The van der Waals surface area contributed by atoms with Gasteiger partial charge in [0.2, 0.25) is 5.91 Å². The second-order valence-electron chi connectivity index (χ2n) is 6.10. The summed E-state index contributed by atoms with van der Waals surface area (Å²) < 4.78 is 0. The van der Waals surface area contributed by atoms with Crippen molar-refractivity contribution in [3.8, 4) is 0 Å². The molecule has 1 saturated carbocycles. The molecule has 1 aromatic heterocycles. The highest BCUT2D eigenvalue weighted by Gasteiger charge is 2.46. The van der Waals surface area contributed by atoms with Crippen LogP contribution in [0.1, 0.15) is 24.8 Å². The lowest BCUT2D eigenvalue weighted by Gasteiger charge is -2.16. The van der Waals surface area contributed by atoms with Gasteiger partial charge in [0.25, 0.3) is 0 Å². The van der Waals surface area contributed by atoms with Gasteiger partial charge < -0.3 is 10.0 Å². The highest BCUT2D eigenvalue weighted by molar-refractivity contribution is 5.79. The summed E-state index contributed by atoms with van der Waals surface area (Å²) in [5.74, 6) is -0.378. The zero-order valence-electron chi connectivity index (χ0n) is 11.9. The fraction of sp³-hybridized carbons (Fsp3) is 0.562. The lowest BCUT2D eigenvalue weighted by Crippen LogP contribution is -2.30. The smallest absolute Gasteiger partial charge is 0.308 e. The third kappa shape index (κ3) is 3.23. The van der Waals surface area contributed by atoms with Gasteiger partial charge in [-0.1, -0.05) is 0 Å². The number of rotatable bonds is 5. The Kier molecular flexibility index (Phi) is 3.90. The number of aliphatic carboxylic acids is 1. The molecule has 1 amide bonds. The SMILES string of the molecule is O=C(O)[C@@H]1CN(C(=O)CCc2ccncc2)C[C@H]1C1CC1. The molecule has 21 heavy (non-hydrogen) atoms. The fourth-order valence-electron chi connectivity index (χ4n) is 3.25. The van der Waals surface area contributed by atoms with Crippen molar-refractivity contribution < 1.29 is 14.7 Å². The molecule has 0 spiro atoms. The van der Waals surface area contributed by atoms with E-state index in [1.165, 1.54) is 0 Å². The van der Waals surface area contributed by atoms with Gasteiger partial charge in [0.15, 0.2) is 0 Å². The largest absolute Gasteiger partial charge is 0.481 e. The molecule has 1 aliphatic carbocycles. The number of nitrogens with zero attached hydrogens (tertiary/aromatic N) is 2. The van der Waals surface area contributed by atoms with Crippen molar-refractivity contribution in [2.24, 2.45) is 17.8 Å². The van der Waals surface area contributed by atoms with Gasteiger partial charge >= 0.3 is 5.97 Å². The highest BCUT2D eigenvalue weighted by atomic mass is 16.4. The molecule has 1 aliphatic heterocycles. The van der Waals surface area contributed by atoms with Crippen molar-refractivity contribution in [2.45, 2.75) is 25.7 Å². The molecule has 2 heterocycles. The molecule has 1 saturated heterocycles. The van der Waals surface area contributed by atoms with Crippen LogP contribution in [0.2, 0.25) is 0 Å². The van der Waals surface area contributed by atoms with Gasteiger partial charge in [0.1, 0.15) is 0 Å². The Bertz CT molecular complexity index is 528. The van der Waals surface area contributed by atoms with E-state index >= 15 is 0 Å². The third-order valence-corrected chi connectivity index (χ3v) is 4.64. The number of aromatic nitrogens is 1.